The molecule has 9 nitrogen and oxygen atoms in total. The van der Waals surface area contributed by atoms with Crippen LogP contribution in [0.25, 0.3) is 17.1 Å². The van der Waals surface area contributed by atoms with Gasteiger partial charge in [0.05, 0.1) is 5.69 Å². The number of halogens is 3. The maximum Gasteiger partial charge on any atom is 0.405 e. The summed E-state index contributed by atoms with van der Waals surface area (Å²) in [7, 11) is 0. The van der Waals surface area contributed by atoms with Crippen LogP contribution >= 0.6 is 0 Å². The molecule has 0 saturated carbocycles. The Kier molecular flexibility index (Phi) is 6.61. The zero-order chi connectivity index (χ0) is 23.3. The third-order valence-electron chi connectivity index (χ3n) is 3.97. The van der Waals surface area contributed by atoms with Gasteiger partial charge < -0.3 is 14.5 Å². The molecule has 32 heavy (non-hydrogen) atoms. The predicted octanol–water partition coefficient (Wildman–Crippen LogP) is 2.99. The van der Waals surface area contributed by atoms with Crippen LogP contribution in [0.4, 0.5) is 18.0 Å². The lowest BCUT2D eigenvalue weighted by atomic mass is 10.2. The lowest BCUT2D eigenvalue weighted by Gasteiger charge is -2.09. The smallest absolute Gasteiger partial charge is 0.405 e. The van der Waals surface area contributed by atoms with Gasteiger partial charge in [-0.05, 0) is 31.2 Å². The van der Waals surface area contributed by atoms with Gasteiger partial charge in [-0.2, -0.15) is 18.3 Å². The molecule has 0 spiro atoms. The number of carbonyl (C=O) groups excluding carboxylic acids is 3. The summed E-state index contributed by atoms with van der Waals surface area (Å²) in [5.41, 5.74) is 0.794. The summed E-state index contributed by atoms with van der Waals surface area (Å²) in [5, 5.41) is 7.46. The lowest BCUT2D eigenvalue weighted by molar-refractivity contribution is -0.125. The molecule has 168 valence electrons. The molecule has 1 aromatic carbocycles. The molecule has 2 aromatic heterocycles. The molecule has 2 N–H and O–H groups in total. The van der Waals surface area contributed by atoms with E-state index in [9.17, 15) is 27.6 Å². The van der Waals surface area contributed by atoms with Crippen molar-refractivity contribution in [2.24, 2.45) is 0 Å². The molecule has 0 atom stereocenters. The van der Waals surface area contributed by atoms with E-state index in [1.807, 2.05) is 6.07 Å². The summed E-state index contributed by atoms with van der Waals surface area (Å²) in [6.07, 6.45) is -3.24. The topological polar surface area (TPSA) is 115 Å². The van der Waals surface area contributed by atoms with Crippen molar-refractivity contribution in [3.8, 4) is 17.1 Å². The fourth-order valence-electron chi connectivity index (χ4n) is 2.58. The number of nitrogens with one attached hydrogen (secondary N) is 2. The average molecular weight is 450 g/mol. The second-order valence-electron chi connectivity index (χ2n) is 6.50. The lowest BCUT2D eigenvalue weighted by Crippen LogP contribution is -2.44. The van der Waals surface area contributed by atoms with Gasteiger partial charge in [-0.15, -0.1) is 0 Å². The van der Waals surface area contributed by atoms with E-state index in [4.69, 9.17) is 9.15 Å². The summed E-state index contributed by atoms with van der Waals surface area (Å²) < 4.78 is 48.1. The van der Waals surface area contributed by atoms with Gasteiger partial charge in [0.2, 0.25) is 0 Å². The largest absolute Gasteiger partial charge is 0.460 e. The van der Waals surface area contributed by atoms with Crippen molar-refractivity contribution in [1.82, 2.24) is 20.4 Å². The molecule has 0 aliphatic carbocycles. The Balaban J connectivity index is 1.71. The van der Waals surface area contributed by atoms with Crippen LogP contribution in [-0.4, -0.2) is 47.0 Å². The summed E-state index contributed by atoms with van der Waals surface area (Å²) in [5.74, 6) is -1.18. The van der Waals surface area contributed by atoms with Gasteiger partial charge in [0, 0.05) is 6.20 Å². The van der Waals surface area contributed by atoms with Crippen molar-refractivity contribution in [2.75, 3.05) is 13.2 Å². The molecule has 0 saturated heterocycles. The minimum atomic E-state index is -4.63. The van der Waals surface area contributed by atoms with Gasteiger partial charge in [0.1, 0.15) is 23.6 Å². The number of imide groups is 1. The first kappa shape index (κ1) is 22.6. The van der Waals surface area contributed by atoms with E-state index in [0.29, 0.717) is 17.2 Å². The minimum absolute atomic E-state index is 0.0162. The van der Waals surface area contributed by atoms with Crippen LogP contribution in [0.1, 0.15) is 16.1 Å². The summed E-state index contributed by atoms with van der Waals surface area (Å²) in [6.45, 7) is -0.800. The van der Waals surface area contributed by atoms with Gasteiger partial charge >= 0.3 is 18.2 Å². The predicted molar refractivity (Wildman–Crippen MR) is 104 cm³/mol. The second-order valence-corrected chi connectivity index (χ2v) is 6.50. The van der Waals surface area contributed by atoms with Crippen LogP contribution in [0.3, 0.4) is 0 Å². The summed E-state index contributed by atoms with van der Waals surface area (Å²) in [6, 6.07) is 10.8. The van der Waals surface area contributed by atoms with Crippen molar-refractivity contribution in [2.45, 2.75) is 13.1 Å². The molecule has 3 amide bonds. The molecule has 3 rings (SSSR count). The van der Waals surface area contributed by atoms with Crippen LogP contribution < -0.4 is 10.6 Å². The Bertz CT molecular complexity index is 1120. The van der Waals surface area contributed by atoms with Gasteiger partial charge in [-0.1, -0.05) is 18.2 Å². The zero-order valence-corrected chi connectivity index (χ0v) is 16.6. The Labute approximate surface area is 179 Å². The molecule has 0 aliphatic rings. The number of ether oxygens (including phenoxy) is 1. The average Bonchev–Trinajstić information content (AvgIpc) is 3.37. The van der Waals surface area contributed by atoms with Crippen molar-refractivity contribution in [3.05, 3.63) is 60.0 Å². The van der Waals surface area contributed by atoms with Crippen LogP contribution in [0.5, 0.6) is 0 Å². The normalized spacial score (nSPS) is 11.1. The van der Waals surface area contributed by atoms with Gasteiger partial charge in [0.25, 0.3) is 5.91 Å². The Hall–Kier alpha value is -4.09. The van der Waals surface area contributed by atoms with E-state index in [0.717, 1.165) is 0 Å². The number of alkyl halides is 3. The minimum Gasteiger partial charge on any atom is -0.460 e. The second kappa shape index (κ2) is 9.37. The molecule has 3 aromatic rings. The van der Waals surface area contributed by atoms with Crippen molar-refractivity contribution < 1.29 is 36.7 Å². The summed E-state index contributed by atoms with van der Waals surface area (Å²) in [4.78, 5) is 35.6. The number of hydrogen-bond donors (Lipinski definition) is 2. The fourth-order valence-corrected chi connectivity index (χ4v) is 2.58. The first-order valence-electron chi connectivity index (χ1n) is 9.16. The maximum absolute atomic E-state index is 12.6. The van der Waals surface area contributed by atoms with E-state index >= 15 is 0 Å². The monoisotopic (exact) mass is 450 g/mol. The van der Waals surface area contributed by atoms with Crippen molar-refractivity contribution in [3.63, 3.8) is 0 Å². The molecule has 0 fully saturated rings. The van der Waals surface area contributed by atoms with Gasteiger partial charge in [-0.25, -0.2) is 14.3 Å². The number of rotatable bonds is 6. The highest BCUT2D eigenvalue weighted by molar-refractivity contribution is 5.99. The van der Waals surface area contributed by atoms with E-state index in [-0.39, 0.29) is 11.3 Å². The number of carbonyl (C=O) groups is 3. The number of amides is 3. The number of furan rings is 1. The standard InChI is InChI=1S/C20H17F3N4O5/c1-12-7-8-15(32-12)17-14(9-27(26-17)13-5-3-2-4-6-13)18(29)31-10-16(28)25-19(30)24-11-20(21,22)23/h2-9H,10-11H2,1H3,(H2,24,25,28,30). The number of esters is 1. The number of aryl methyl sites for hydroxylation is 1. The van der Waals surface area contributed by atoms with Gasteiger partial charge in [0.15, 0.2) is 12.4 Å². The Morgan fingerprint density at radius 1 is 1.12 bits per heavy atom. The fraction of sp³-hybridized carbons (Fsp3) is 0.200. The zero-order valence-electron chi connectivity index (χ0n) is 16.6. The van der Waals surface area contributed by atoms with E-state index < -0.39 is 37.2 Å². The molecular formula is C20H17F3N4O5. The number of benzene rings is 1. The Morgan fingerprint density at radius 3 is 2.47 bits per heavy atom. The SMILES string of the molecule is Cc1ccc(-c2nn(-c3ccccc3)cc2C(=O)OCC(=O)NC(=O)NCC(F)(F)F)o1. The van der Waals surface area contributed by atoms with Crippen LogP contribution in [-0.2, 0) is 9.53 Å². The Morgan fingerprint density at radius 2 is 1.84 bits per heavy atom. The van der Waals surface area contributed by atoms with Crippen molar-refractivity contribution in [1.29, 1.82) is 0 Å². The number of nitrogens with zero attached hydrogens (tertiary/aromatic N) is 2. The van der Waals surface area contributed by atoms with E-state index in [1.54, 1.807) is 48.6 Å². The highest BCUT2D eigenvalue weighted by Crippen LogP contribution is 2.26. The molecule has 0 radical (unpaired) electrons. The number of urea groups is 1. The van der Waals surface area contributed by atoms with Crippen LogP contribution in [0.2, 0.25) is 0 Å². The van der Waals surface area contributed by atoms with E-state index in [2.05, 4.69) is 5.10 Å². The maximum atomic E-state index is 12.6. The third-order valence-corrected chi connectivity index (χ3v) is 3.97. The summed E-state index contributed by atoms with van der Waals surface area (Å²) >= 11 is 0. The molecule has 0 aliphatic heterocycles. The molecule has 0 unspecified atom stereocenters. The van der Waals surface area contributed by atoms with Crippen LogP contribution in [0.15, 0.2) is 53.1 Å². The molecule has 12 heteroatoms. The first-order chi connectivity index (χ1) is 15.1. The number of para-hydroxylation sites is 1. The molecular weight excluding hydrogens is 433 g/mol. The highest BCUT2D eigenvalue weighted by atomic mass is 19.4. The third kappa shape index (κ3) is 5.97. The quantitative estimate of drug-likeness (QED) is 0.558. The molecule has 0 bridgehead atoms. The highest BCUT2D eigenvalue weighted by Gasteiger charge is 2.28. The van der Waals surface area contributed by atoms with E-state index in [1.165, 1.54) is 16.2 Å². The van der Waals surface area contributed by atoms with Gasteiger partial charge in [-0.3, -0.25) is 10.1 Å². The van der Waals surface area contributed by atoms with Crippen LogP contribution in [0, 0.1) is 6.92 Å². The number of hydrogen-bond acceptors (Lipinski definition) is 6. The number of aromatic nitrogens is 2. The van der Waals surface area contributed by atoms with Crippen molar-refractivity contribution >= 4 is 17.9 Å². The first-order valence-corrected chi connectivity index (χ1v) is 9.16. The molecule has 2 heterocycles.